The number of hydrogen-bond acceptors (Lipinski definition) is 7. The predicted molar refractivity (Wildman–Crippen MR) is 74.8 cm³/mol. The number of aromatic nitrogens is 4. The number of aromatic amines is 1. The third-order valence-electron chi connectivity index (χ3n) is 2.56. The highest BCUT2D eigenvalue weighted by atomic mass is 35.5. The molecule has 1 aromatic heterocycles. The van der Waals surface area contributed by atoms with Gasteiger partial charge in [-0.1, -0.05) is 11.6 Å². The molecule has 0 bridgehead atoms. The lowest BCUT2D eigenvalue weighted by molar-refractivity contribution is 0.326. The Kier molecular flexibility index (Phi) is 4.90. The molecule has 0 amide bonds. The Morgan fingerprint density at radius 3 is 2.86 bits per heavy atom. The Morgan fingerprint density at radius 1 is 1.52 bits per heavy atom. The fourth-order valence-electron chi connectivity index (χ4n) is 1.47. The molecular weight excluding hydrogens is 320 g/mol. The van der Waals surface area contributed by atoms with Gasteiger partial charge >= 0.3 is 7.12 Å². The van der Waals surface area contributed by atoms with Gasteiger partial charge in [0.15, 0.2) is 0 Å². The van der Waals surface area contributed by atoms with Gasteiger partial charge in [0.05, 0.1) is 9.92 Å². The van der Waals surface area contributed by atoms with E-state index in [0.717, 1.165) is 0 Å². The highest BCUT2D eigenvalue weighted by Gasteiger charge is 2.20. The number of nitrogens with one attached hydrogen (secondary N) is 2. The van der Waals surface area contributed by atoms with Crippen LogP contribution in [0.1, 0.15) is 0 Å². The molecule has 0 radical (unpaired) electrons. The molecule has 1 heterocycles. The maximum atomic E-state index is 12.0. The van der Waals surface area contributed by atoms with E-state index in [1.165, 1.54) is 25.3 Å². The van der Waals surface area contributed by atoms with E-state index in [0.29, 0.717) is 5.56 Å². The van der Waals surface area contributed by atoms with Gasteiger partial charge in [0.1, 0.15) is 0 Å². The Labute approximate surface area is 125 Å². The number of H-pyrrole nitrogens is 1. The van der Waals surface area contributed by atoms with Crippen molar-refractivity contribution >= 4 is 28.7 Å². The molecule has 0 saturated carbocycles. The van der Waals surface area contributed by atoms with Gasteiger partial charge in [-0.25, -0.2) is 13.1 Å². The topological polar surface area (TPSA) is 130 Å². The number of tetrazole rings is 1. The zero-order valence-electron chi connectivity index (χ0n) is 10.8. The summed E-state index contributed by atoms with van der Waals surface area (Å²) in [7, 11) is -3.78. The largest absolute Gasteiger partial charge is 0.469 e. The second-order valence-electron chi connectivity index (χ2n) is 3.92. The summed E-state index contributed by atoms with van der Waals surface area (Å²) in [6.07, 6.45) is -0.275. The van der Waals surface area contributed by atoms with Crippen LogP contribution in [0.5, 0.6) is 0 Å². The Bertz CT molecular complexity index is 711. The SMILES string of the molecule is COB(O)CNS(=O)(=O)c1ccc(-c2nn[nH]n2)c(Cl)c1. The van der Waals surface area contributed by atoms with E-state index in [9.17, 15) is 13.4 Å². The maximum absolute atomic E-state index is 12.0. The fraction of sp³-hybridized carbons (Fsp3) is 0.222. The summed E-state index contributed by atoms with van der Waals surface area (Å²) in [6, 6.07) is 4.07. The van der Waals surface area contributed by atoms with Crippen molar-refractivity contribution < 1.29 is 18.1 Å². The van der Waals surface area contributed by atoms with E-state index >= 15 is 0 Å². The van der Waals surface area contributed by atoms with E-state index in [1.54, 1.807) is 0 Å². The fourth-order valence-corrected chi connectivity index (χ4v) is 2.85. The average molecular weight is 332 g/mol. The van der Waals surface area contributed by atoms with Crippen LogP contribution >= 0.6 is 11.6 Å². The van der Waals surface area contributed by atoms with E-state index in [-0.39, 0.29) is 22.2 Å². The van der Waals surface area contributed by atoms with Crippen LogP contribution < -0.4 is 4.72 Å². The molecule has 2 rings (SSSR count). The molecule has 9 nitrogen and oxygen atoms in total. The highest BCUT2D eigenvalue weighted by molar-refractivity contribution is 7.89. The molecule has 2 aromatic rings. The van der Waals surface area contributed by atoms with E-state index in [1.807, 2.05) is 0 Å². The molecule has 0 aliphatic heterocycles. The number of halogens is 1. The van der Waals surface area contributed by atoms with Crippen LogP contribution in [0.3, 0.4) is 0 Å². The monoisotopic (exact) mass is 331 g/mol. The van der Waals surface area contributed by atoms with Gasteiger partial charge in [0, 0.05) is 19.1 Å². The first-order valence-corrected chi connectivity index (χ1v) is 7.54. The number of hydrogen-bond donors (Lipinski definition) is 3. The molecule has 0 aliphatic rings. The van der Waals surface area contributed by atoms with Crippen LogP contribution in [0.4, 0.5) is 0 Å². The average Bonchev–Trinajstić information content (AvgIpc) is 2.98. The van der Waals surface area contributed by atoms with E-state index < -0.39 is 17.1 Å². The smallest absolute Gasteiger partial charge is 0.426 e. The van der Waals surface area contributed by atoms with Crippen LogP contribution in [0.15, 0.2) is 23.1 Å². The molecular formula is C9H11BClN5O4S. The third-order valence-corrected chi connectivity index (χ3v) is 4.29. The third kappa shape index (κ3) is 3.77. The summed E-state index contributed by atoms with van der Waals surface area (Å²) in [5, 5.41) is 22.6. The molecule has 0 spiro atoms. The molecule has 0 atom stereocenters. The summed E-state index contributed by atoms with van der Waals surface area (Å²) in [6.45, 7) is 0. The van der Waals surface area contributed by atoms with Crippen molar-refractivity contribution in [2.75, 3.05) is 13.6 Å². The van der Waals surface area contributed by atoms with Gasteiger partial charge in [-0.2, -0.15) is 5.21 Å². The molecule has 0 unspecified atom stereocenters. The predicted octanol–water partition coefficient (Wildman–Crippen LogP) is -0.535. The first kappa shape index (κ1) is 15.9. The molecule has 0 saturated heterocycles. The quantitative estimate of drug-likeness (QED) is 0.606. The van der Waals surface area contributed by atoms with Crippen LogP contribution in [-0.2, 0) is 14.7 Å². The molecule has 12 heteroatoms. The number of sulfonamides is 1. The van der Waals surface area contributed by atoms with Gasteiger partial charge in [-0.3, -0.25) is 0 Å². The molecule has 0 fully saturated rings. The number of benzene rings is 1. The van der Waals surface area contributed by atoms with Gasteiger partial charge in [-0.15, -0.1) is 10.2 Å². The van der Waals surface area contributed by atoms with Gasteiger partial charge in [0.2, 0.25) is 15.8 Å². The van der Waals surface area contributed by atoms with Gasteiger partial charge < -0.3 is 9.68 Å². The van der Waals surface area contributed by atoms with Crippen molar-refractivity contribution in [3.05, 3.63) is 23.2 Å². The minimum absolute atomic E-state index is 0.0527. The molecule has 0 aliphatic carbocycles. The summed E-state index contributed by atoms with van der Waals surface area (Å²) in [5.41, 5.74) is 0.446. The molecule has 112 valence electrons. The number of nitrogens with zero attached hydrogens (tertiary/aromatic N) is 3. The molecule has 1 aromatic carbocycles. The molecule has 21 heavy (non-hydrogen) atoms. The van der Waals surface area contributed by atoms with E-state index in [2.05, 4.69) is 30.0 Å². The lowest BCUT2D eigenvalue weighted by Gasteiger charge is -2.09. The zero-order chi connectivity index (χ0) is 15.5. The van der Waals surface area contributed by atoms with Crippen molar-refractivity contribution in [3.8, 4) is 11.4 Å². The van der Waals surface area contributed by atoms with Crippen molar-refractivity contribution in [1.82, 2.24) is 25.3 Å². The first-order chi connectivity index (χ1) is 9.94. The van der Waals surface area contributed by atoms with Gasteiger partial charge in [0.25, 0.3) is 0 Å². The Hall–Kier alpha value is -1.53. The zero-order valence-corrected chi connectivity index (χ0v) is 12.4. The minimum atomic E-state index is -3.81. The normalized spacial score (nSPS) is 11.6. The summed E-state index contributed by atoms with van der Waals surface area (Å²) in [4.78, 5) is -0.0527. The lowest BCUT2D eigenvalue weighted by Crippen LogP contribution is -2.36. The lowest BCUT2D eigenvalue weighted by atomic mass is 9.93. The van der Waals surface area contributed by atoms with Crippen molar-refractivity contribution in [1.29, 1.82) is 0 Å². The van der Waals surface area contributed by atoms with Crippen molar-refractivity contribution in [2.24, 2.45) is 0 Å². The highest BCUT2D eigenvalue weighted by Crippen LogP contribution is 2.27. The summed E-state index contributed by atoms with van der Waals surface area (Å²) >= 11 is 6.03. The standard InChI is InChI=1S/C9H11BClN5O4S/c1-20-10(17)5-12-21(18,19)6-2-3-7(8(11)4-6)9-13-15-16-14-9/h2-4,12,17H,5H2,1H3,(H,13,14,15,16). The minimum Gasteiger partial charge on any atom is -0.426 e. The van der Waals surface area contributed by atoms with Crippen molar-refractivity contribution in [2.45, 2.75) is 4.90 Å². The first-order valence-electron chi connectivity index (χ1n) is 5.68. The maximum Gasteiger partial charge on any atom is 0.469 e. The Morgan fingerprint density at radius 2 is 2.29 bits per heavy atom. The van der Waals surface area contributed by atoms with Crippen LogP contribution in [-0.4, -0.2) is 54.7 Å². The molecule has 3 N–H and O–H groups in total. The van der Waals surface area contributed by atoms with Crippen LogP contribution in [0.25, 0.3) is 11.4 Å². The summed E-state index contributed by atoms with van der Waals surface area (Å²) in [5.74, 6) is 0.256. The number of rotatable bonds is 6. The second-order valence-corrected chi connectivity index (χ2v) is 6.09. The second kappa shape index (κ2) is 6.49. The Balaban J connectivity index is 2.23. The van der Waals surface area contributed by atoms with Gasteiger partial charge in [-0.05, 0) is 23.4 Å². The van der Waals surface area contributed by atoms with Crippen molar-refractivity contribution in [3.63, 3.8) is 0 Å². The van der Waals surface area contributed by atoms with Crippen LogP contribution in [0.2, 0.25) is 5.02 Å². The van der Waals surface area contributed by atoms with E-state index in [4.69, 9.17) is 11.6 Å². The summed E-state index contributed by atoms with van der Waals surface area (Å²) < 4.78 is 30.8. The van der Waals surface area contributed by atoms with Crippen LogP contribution in [0, 0.1) is 0 Å².